The third-order valence-corrected chi connectivity index (χ3v) is 2.43. The van der Waals surface area contributed by atoms with E-state index in [4.69, 9.17) is 10.6 Å². The second-order valence-electron chi connectivity index (χ2n) is 3.16. The van der Waals surface area contributed by atoms with Crippen LogP contribution in [0.2, 0.25) is 0 Å². The molecule has 0 heterocycles. The van der Waals surface area contributed by atoms with Crippen LogP contribution in [0.25, 0.3) is 0 Å². The lowest BCUT2D eigenvalue weighted by atomic mass is 10.2. The molecule has 4 heteroatoms. The predicted molar refractivity (Wildman–Crippen MR) is 66.3 cm³/mol. The fourth-order valence-corrected chi connectivity index (χ4v) is 1.54. The SMILES string of the molecule is CCCCOc1ccc(Br)cc1C=NN. The Morgan fingerprint density at radius 1 is 1.53 bits per heavy atom. The van der Waals surface area contributed by atoms with Crippen LogP contribution in [0.5, 0.6) is 5.75 Å². The number of halogens is 1. The highest BCUT2D eigenvalue weighted by Gasteiger charge is 2.02. The summed E-state index contributed by atoms with van der Waals surface area (Å²) in [6, 6.07) is 5.78. The summed E-state index contributed by atoms with van der Waals surface area (Å²) >= 11 is 3.39. The minimum atomic E-state index is 0.726. The summed E-state index contributed by atoms with van der Waals surface area (Å²) in [6.45, 7) is 2.86. The fourth-order valence-electron chi connectivity index (χ4n) is 1.16. The van der Waals surface area contributed by atoms with Gasteiger partial charge in [-0.1, -0.05) is 29.3 Å². The quantitative estimate of drug-likeness (QED) is 0.387. The van der Waals surface area contributed by atoms with Crippen molar-refractivity contribution in [1.29, 1.82) is 0 Å². The van der Waals surface area contributed by atoms with Gasteiger partial charge in [0, 0.05) is 10.0 Å². The van der Waals surface area contributed by atoms with Gasteiger partial charge in [-0.25, -0.2) is 0 Å². The van der Waals surface area contributed by atoms with Crippen LogP contribution in [-0.4, -0.2) is 12.8 Å². The Balaban J connectivity index is 2.76. The Labute approximate surface area is 98.4 Å². The van der Waals surface area contributed by atoms with Crippen molar-refractivity contribution < 1.29 is 4.74 Å². The third-order valence-electron chi connectivity index (χ3n) is 1.94. The van der Waals surface area contributed by atoms with Gasteiger partial charge in [-0.3, -0.25) is 0 Å². The zero-order valence-electron chi connectivity index (χ0n) is 8.74. The normalized spacial score (nSPS) is 10.8. The maximum Gasteiger partial charge on any atom is 0.128 e. The number of nitrogens with zero attached hydrogens (tertiary/aromatic N) is 1. The number of hydrazone groups is 1. The molecule has 0 radical (unpaired) electrons. The molecule has 0 aliphatic carbocycles. The molecule has 0 saturated carbocycles. The molecule has 82 valence electrons. The van der Waals surface area contributed by atoms with Crippen LogP contribution >= 0.6 is 15.9 Å². The van der Waals surface area contributed by atoms with Crippen LogP contribution in [0.15, 0.2) is 27.8 Å². The van der Waals surface area contributed by atoms with Gasteiger partial charge in [0.25, 0.3) is 0 Å². The Kier molecular flexibility index (Phi) is 5.18. The maximum absolute atomic E-state index is 5.62. The van der Waals surface area contributed by atoms with Crippen molar-refractivity contribution in [3.63, 3.8) is 0 Å². The number of hydrogen-bond acceptors (Lipinski definition) is 3. The highest BCUT2D eigenvalue weighted by atomic mass is 79.9. The van der Waals surface area contributed by atoms with Crippen LogP contribution in [-0.2, 0) is 0 Å². The molecule has 0 aliphatic rings. The largest absolute Gasteiger partial charge is 0.493 e. The van der Waals surface area contributed by atoms with Gasteiger partial charge in [-0.15, -0.1) is 0 Å². The highest BCUT2D eigenvalue weighted by Crippen LogP contribution is 2.21. The summed E-state index contributed by atoms with van der Waals surface area (Å²) < 4.78 is 6.60. The van der Waals surface area contributed by atoms with E-state index < -0.39 is 0 Å². The highest BCUT2D eigenvalue weighted by molar-refractivity contribution is 9.10. The van der Waals surface area contributed by atoms with E-state index in [1.807, 2.05) is 18.2 Å². The van der Waals surface area contributed by atoms with Crippen molar-refractivity contribution in [3.05, 3.63) is 28.2 Å². The first-order valence-electron chi connectivity index (χ1n) is 4.93. The first-order valence-corrected chi connectivity index (χ1v) is 5.72. The molecular weight excluding hydrogens is 256 g/mol. The van der Waals surface area contributed by atoms with Crippen LogP contribution in [0.4, 0.5) is 0 Å². The van der Waals surface area contributed by atoms with E-state index in [0.29, 0.717) is 0 Å². The topological polar surface area (TPSA) is 47.6 Å². The minimum Gasteiger partial charge on any atom is -0.493 e. The summed E-state index contributed by atoms with van der Waals surface area (Å²) in [5.41, 5.74) is 0.892. The summed E-state index contributed by atoms with van der Waals surface area (Å²) in [5, 5.41) is 3.51. The van der Waals surface area contributed by atoms with Gasteiger partial charge < -0.3 is 10.6 Å². The van der Waals surface area contributed by atoms with Gasteiger partial charge in [0.05, 0.1) is 12.8 Å². The van der Waals surface area contributed by atoms with E-state index in [2.05, 4.69) is 28.0 Å². The number of ether oxygens (including phenoxy) is 1. The third kappa shape index (κ3) is 3.91. The molecule has 0 aliphatic heterocycles. The monoisotopic (exact) mass is 270 g/mol. The van der Waals surface area contributed by atoms with E-state index in [1.165, 1.54) is 0 Å². The Bertz CT molecular complexity index is 339. The average molecular weight is 271 g/mol. The Hall–Kier alpha value is -1.03. The first-order chi connectivity index (χ1) is 7.27. The number of rotatable bonds is 5. The first kappa shape index (κ1) is 12.0. The lowest BCUT2D eigenvalue weighted by molar-refractivity contribution is 0.309. The number of hydrogen-bond donors (Lipinski definition) is 1. The smallest absolute Gasteiger partial charge is 0.128 e. The number of nitrogens with two attached hydrogens (primary N) is 1. The second-order valence-corrected chi connectivity index (χ2v) is 4.08. The van der Waals surface area contributed by atoms with E-state index in [1.54, 1.807) is 6.21 Å². The van der Waals surface area contributed by atoms with Crippen LogP contribution in [0.1, 0.15) is 25.3 Å². The van der Waals surface area contributed by atoms with Crippen molar-refractivity contribution in [2.75, 3.05) is 6.61 Å². The minimum absolute atomic E-state index is 0.726. The van der Waals surface area contributed by atoms with Gasteiger partial charge in [-0.05, 0) is 24.6 Å². The Morgan fingerprint density at radius 2 is 2.33 bits per heavy atom. The van der Waals surface area contributed by atoms with Crippen LogP contribution < -0.4 is 10.6 Å². The van der Waals surface area contributed by atoms with Crippen LogP contribution in [0, 0.1) is 0 Å². The van der Waals surface area contributed by atoms with Crippen LogP contribution in [0.3, 0.4) is 0 Å². The zero-order valence-corrected chi connectivity index (χ0v) is 10.3. The van der Waals surface area contributed by atoms with Crippen molar-refractivity contribution >= 4 is 22.1 Å². The molecule has 1 rings (SSSR count). The zero-order chi connectivity index (χ0) is 11.1. The standard InChI is InChI=1S/C11H15BrN2O/c1-2-3-6-15-11-5-4-10(12)7-9(11)8-14-13/h4-5,7-8H,2-3,6,13H2,1H3. The average Bonchev–Trinajstić information content (AvgIpc) is 2.22. The summed E-state index contributed by atoms with van der Waals surface area (Å²) in [6.07, 6.45) is 3.76. The van der Waals surface area contributed by atoms with Crippen molar-refractivity contribution in [3.8, 4) is 5.75 Å². The molecule has 0 unspecified atom stereocenters. The lowest BCUT2D eigenvalue weighted by Crippen LogP contribution is -2.00. The molecule has 0 fully saturated rings. The summed E-state index contributed by atoms with van der Waals surface area (Å²) in [5.74, 6) is 5.95. The lowest BCUT2D eigenvalue weighted by Gasteiger charge is -2.08. The molecule has 2 N–H and O–H groups in total. The molecule has 15 heavy (non-hydrogen) atoms. The van der Waals surface area contributed by atoms with E-state index in [0.717, 1.165) is 35.2 Å². The molecule has 1 aromatic rings. The summed E-state index contributed by atoms with van der Waals surface area (Å²) in [7, 11) is 0. The maximum atomic E-state index is 5.62. The molecular formula is C11H15BrN2O. The van der Waals surface area contributed by atoms with E-state index >= 15 is 0 Å². The molecule has 0 amide bonds. The predicted octanol–water partition coefficient (Wildman–Crippen LogP) is 2.92. The molecule has 0 atom stereocenters. The van der Waals surface area contributed by atoms with Gasteiger partial charge >= 0.3 is 0 Å². The van der Waals surface area contributed by atoms with E-state index in [-0.39, 0.29) is 0 Å². The van der Waals surface area contributed by atoms with Gasteiger partial charge in [0.15, 0.2) is 0 Å². The molecule has 0 aromatic heterocycles. The van der Waals surface area contributed by atoms with Crippen molar-refractivity contribution in [2.45, 2.75) is 19.8 Å². The molecule has 1 aromatic carbocycles. The second kappa shape index (κ2) is 6.45. The molecule has 0 spiro atoms. The van der Waals surface area contributed by atoms with Gasteiger partial charge in [-0.2, -0.15) is 5.10 Å². The van der Waals surface area contributed by atoms with Gasteiger partial charge in [0.1, 0.15) is 5.75 Å². The molecule has 0 bridgehead atoms. The Morgan fingerprint density at radius 3 is 3.00 bits per heavy atom. The number of benzene rings is 1. The fraction of sp³-hybridized carbons (Fsp3) is 0.364. The molecule has 0 saturated heterocycles. The molecule has 3 nitrogen and oxygen atoms in total. The van der Waals surface area contributed by atoms with Crippen molar-refractivity contribution in [1.82, 2.24) is 0 Å². The van der Waals surface area contributed by atoms with E-state index in [9.17, 15) is 0 Å². The number of unbranched alkanes of at least 4 members (excludes halogenated alkanes) is 1. The summed E-state index contributed by atoms with van der Waals surface area (Å²) in [4.78, 5) is 0. The van der Waals surface area contributed by atoms with Crippen molar-refractivity contribution in [2.24, 2.45) is 10.9 Å². The van der Waals surface area contributed by atoms with Gasteiger partial charge in [0.2, 0.25) is 0 Å².